The van der Waals surface area contributed by atoms with E-state index < -0.39 is 0 Å². The number of rotatable bonds is 2. The second-order valence-electron chi connectivity index (χ2n) is 3.83. The van der Waals surface area contributed by atoms with E-state index in [1.807, 2.05) is 37.3 Å². The number of benzene rings is 1. The van der Waals surface area contributed by atoms with Gasteiger partial charge in [-0.25, -0.2) is 4.79 Å². The third-order valence-corrected chi connectivity index (χ3v) is 2.86. The van der Waals surface area contributed by atoms with Crippen LogP contribution in [-0.4, -0.2) is 12.1 Å². The SMILES string of the molecule is C=CC[C@H]1c2ccccc2C(=O)O[C@H]1C. The number of hydrogen-bond acceptors (Lipinski definition) is 2. The fourth-order valence-electron chi connectivity index (χ4n) is 2.07. The van der Waals surface area contributed by atoms with Crippen molar-refractivity contribution in [2.75, 3.05) is 0 Å². The lowest BCUT2D eigenvalue weighted by molar-refractivity contribution is 0.0227. The molecule has 2 rings (SSSR count). The molecule has 0 spiro atoms. The van der Waals surface area contributed by atoms with Crippen molar-refractivity contribution in [3.05, 3.63) is 48.0 Å². The van der Waals surface area contributed by atoms with E-state index in [2.05, 4.69) is 6.58 Å². The highest BCUT2D eigenvalue weighted by Gasteiger charge is 2.31. The molecule has 78 valence electrons. The minimum absolute atomic E-state index is 0.0644. The van der Waals surface area contributed by atoms with E-state index in [1.54, 1.807) is 0 Å². The van der Waals surface area contributed by atoms with Gasteiger partial charge in [-0.05, 0) is 25.0 Å². The molecule has 1 aliphatic rings. The van der Waals surface area contributed by atoms with Gasteiger partial charge in [0, 0.05) is 5.92 Å². The first-order chi connectivity index (χ1) is 7.24. The Morgan fingerprint density at radius 2 is 2.20 bits per heavy atom. The molecule has 0 amide bonds. The quantitative estimate of drug-likeness (QED) is 0.544. The van der Waals surface area contributed by atoms with Gasteiger partial charge in [0.25, 0.3) is 0 Å². The molecule has 1 aromatic carbocycles. The molecule has 1 aromatic rings. The van der Waals surface area contributed by atoms with Crippen LogP contribution in [0.5, 0.6) is 0 Å². The highest BCUT2D eigenvalue weighted by atomic mass is 16.5. The van der Waals surface area contributed by atoms with Crippen LogP contribution in [0.1, 0.15) is 35.2 Å². The van der Waals surface area contributed by atoms with Crippen LogP contribution in [-0.2, 0) is 4.74 Å². The Morgan fingerprint density at radius 1 is 1.47 bits per heavy atom. The predicted molar refractivity (Wildman–Crippen MR) is 58.9 cm³/mol. The van der Waals surface area contributed by atoms with Gasteiger partial charge in [-0.2, -0.15) is 0 Å². The van der Waals surface area contributed by atoms with Gasteiger partial charge in [0.1, 0.15) is 6.10 Å². The maximum absolute atomic E-state index is 11.6. The minimum atomic E-state index is -0.210. The molecule has 0 radical (unpaired) electrons. The van der Waals surface area contributed by atoms with Crippen LogP contribution in [0, 0.1) is 0 Å². The topological polar surface area (TPSA) is 26.3 Å². The Labute approximate surface area is 89.6 Å². The first-order valence-corrected chi connectivity index (χ1v) is 5.15. The number of allylic oxidation sites excluding steroid dienone is 1. The van der Waals surface area contributed by atoms with Gasteiger partial charge in [0.2, 0.25) is 0 Å². The Balaban J connectivity index is 2.46. The molecule has 15 heavy (non-hydrogen) atoms. The van der Waals surface area contributed by atoms with Crippen LogP contribution in [0.4, 0.5) is 0 Å². The Kier molecular flexibility index (Phi) is 2.58. The van der Waals surface area contributed by atoms with Gasteiger partial charge in [0.05, 0.1) is 5.56 Å². The molecule has 1 aliphatic heterocycles. The maximum Gasteiger partial charge on any atom is 0.338 e. The summed E-state index contributed by atoms with van der Waals surface area (Å²) in [4.78, 5) is 11.6. The average Bonchev–Trinajstić information content (AvgIpc) is 2.24. The maximum atomic E-state index is 11.6. The fourth-order valence-corrected chi connectivity index (χ4v) is 2.07. The summed E-state index contributed by atoms with van der Waals surface area (Å²) < 4.78 is 5.29. The van der Waals surface area contributed by atoms with Gasteiger partial charge in [-0.15, -0.1) is 6.58 Å². The van der Waals surface area contributed by atoms with Crippen molar-refractivity contribution in [1.29, 1.82) is 0 Å². The van der Waals surface area contributed by atoms with Crippen LogP contribution in [0.2, 0.25) is 0 Å². The highest BCUT2D eigenvalue weighted by molar-refractivity contribution is 5.92. The summed E-state index contributed by atoms with van der Waals surface area (Å²) in [6.45, 7) is 5.67. The van der Waals surface area contributed by atoms with Crippen molar-refractivity contribution in [1.82, 2.24) is 0 Å². The van der Waals surface area contributed by atoms with Crippen LogP contribution in [0.25, 0.3) is 0 Å². The molecule has 0 fully saturated rings. The monoisotopic (exact) mass is 202 g/mol. The molecule has 2 nitrogen and oxygen atoms in total. The number of esters is 1. The number of carbonyl (C=O) groups is 1. The first kappa shape index (κ1) is 9.97. The van der Waals surface area contributed by atoms with Gasteiger partial charge in [0.15, 0.2) is 0 Å². The van der Waals surface area contributed by atoms with Crippen molar-refractivity contribution < 1.29 is 9.53 Å². The van der Waals surface area contributed by atoms with E-state index in [1.165, 1.54) is 0 Å². The summed E-state index contributed by atoms with van der Waals surface area (Å²) in [5, 5.41) is 0. The van der Waals surface area contributed by atoms with Gasteiger partial charge in [-0.3, -0.25) is 0 Å². The van der Waals surface area contributed by atoms with E-state index >= 15 is 0 Å². The third kappa shape index (κ3) is 1.67. The summed E-state index contributed by atoms with van der Waals surface area (Å²) in [6, 6.07) is 7.64. The lowest BCUT2D eigenvalue weighted by atomic mass is 9.85. The lowest BCUT2D eigenvalue weighted by Crippen LogP contribution is -2.29. The average molecular weight is 202 g/mol. The number of hydrogen-bond donors (Lipinski definition) is 0. The van der Waals surface area contributed by atoms with Gasteiger partial charge in [-0.1, -0.05) is 24.3 Å². The first-order valence-electron chi connectivity index (χ1n) is 5.15. The van der Waals surface area contributed by atoms with E-state index in [0.29, 0.717) is 5.56 Å². The zero-order chi connectivity index (χ0) is 10.8. The minimum Gasteiger partial charge on any atom is -0.458 e. The zero-order valence-corrected chi connectivity index (χ0v) is 8.77. The van der Waals surface area contributed by atoms with Crippen LogP contribution in [0.15, 0.2) is 36.9 Å². The van der Waals surface area contributed by atoms with Crippen molar-refractivity contribution >= 4 is 5.97 Å². The molecule has 2 atom stereocenters. The third-order valence-electron chi connectivity index (χ3n) is 2.86. The molecule has 0 bridgehead atoms. The van der Waals surface area contributed by atoms with Gasteiger partial charge >= 0.3 is 5.97 Å². The number of cyclic esters (lactones) is 1. The number of carbonyl (C=O) groups excluding carboxylic acids is 1. The Morgan fingerprint density at radius 3 is 2.93 bits per heavy atom. The number of ether oxygens (including phenoxy) is 1. The summed E-state index contributed by atoms with van der Waals surface area (Å²) in [6.07, 6.45) is 2.65. The molecule has 1 heterocycles. The largest absolute Gasteiger partial charge is 0.458 e. The van der Waals surface area contributed by atoms with Crippen molar-refractivity contribution in [3.8, 4) is 0 Å². The molecule has 0 saturated heterocycles. The van der Waals surface area contributed by atoms with Crippen LogP contribution in [0.3, 0.4) is 0 Å². The van der Waals surface area contributed by atoms with Crippen LogP contribution < -0.4 is 0 Å². The lowest BCUT2D eigenvalue weighted by Gasteiger charge is -2.30. The molecule has 2 heteroatoms. The standard InChI is InChI=1S/C13H14O2/c1-3-6-10-9(2)15-13(14)12-8-5-4-7-11(10)12/h3-5,7-10H,1,6H2,2H3/t9-,10+/m0/s1. The predicted octanol–water partition coefficient (Wildman–Crippen LogP) is 2.91. The summed E-state index contributed by atoms with van der Waals surface area (Å²) in [7, 11) is 0. The summed E-state index contributed by atoms with van der Waals surface area (Å²) >= 11 is 0. The Hall–Kier alpha value is -1.57. The normalized spacial score (nSPS) is 24.2. The van der Waals surface area contributed by atoms with E-state index in [9.17, 15) is 4.79 Å². The summed E-state index contributed by atoms with van der Waals surface area (Å²) in [5.74, 6) is 0.0369. The molecule has 0 aromatic heterocycles. The molecule has 0 saturated carbocycles. The van der Waals surface area contributed by atoms with E-state index in [-0.39, 0.29) is 18.0 Å². The number of fused-ring (bicyclic) bond motifs is 1. The van der Waals surface area contributed by atoms with Gasteiger partial charge < -0.3 is 4.74 Å². The van der Waals surface area contributed by atoms with E-state index in [4.69, 9.17) is 4.74 Å². The van der Waals surface area contributed by atoms with Crippen molar-refractivity contribution in [2.24, 2.45) is 0 Å². The fraction of sp³-hybridized carbons (Fsp3) is 0.308. The van der Waals surface area contributed by atoms with Crippen LogP contribution >= 0.6 is 0 Å². The molecular formula is C13H14O2. The highest BCUT2D eigenvalue weighted by Crippen LogP contribution is 2.33. The molecular weight excluding hydrogens is 188 g/mol. The van der Waals surface area contributed by atoms with Crippen molar-refractivity contribution in [2.45, 2.75) is 25.4 Å². The smallest absolute Gasteiger partial charge is 0.338 e. The molecule has 0 N–H and O–H groups in total. The Bertz CT molecular complexity index is 395. The molecule has 0 unspecified atom stereocenters. The van der Waals surface area contributed by atoms with Crippen molar-refractivity contribution in [3.63, 3.8) is 0 Å². The zero-order valence-electron chi connectivity index (χ0n) is 8.77. The second kappa shape index (κ2) is 3.89. The second-order valence-corrected chi connectivity index (χ2v) is 3.83. The molecule has 0 aliphatic carbocycles. The van der Waals surface area contributed by atoms with E-state index in [0.717, 1.165) is 12.0 Å². The summed E-state index contributed by atoms with van der Waals surface area (Å²) in [5.41, 5.74) is 1.78.